The average Bonchev–Trinajstić information content (AvgIpc) is 2.59. The Balaban J connectivity index is 2.30. The third kappa shape index (κ3) is 6.26. The Bertz CT molecular complexity index is 593. The van der Waals surface area contributed by atoms with Gasteiger partial charge >= 0.3 is 18.4 Å². The minimum Gasteiger partial charge on any atom is -0.440 e. The van der Waals surface area contributed by atoms with E-state index in [9.17, 15) is 26.3 Å². The van der Waals surface area contributed by atoms with Crippen LogP contribution in [0.15, 0.2) is 0 Å². The number of ether oxygens (including phenoxy) is 2. The zero-order valence-corrected chi connectivity index (χ0v) is 14.4. The van der Waals surface area contributed by atoms with Crippen molar-refractivity contribution in [2.75, 3.05) is 43.1 Å². The second-order valence-electron chi connectivity index (χ2n) is 5.70. The number of morpholine rings is 1. The second-order valence-corrected chi connectivity index (χ2v) is 5.70. The lowest BCUT2D eigenvalue weighted by atomic mass is 10.3. The standard InChI is InChI=1S/C14H19F6N5O2/c1-2-3-4-21-10-22-11(25-5-7-26-8-6-25)24-12(23-10)27-9(13(15,16)17)14(18,19)20/h9H,2-8H2,1H3,(H,21,22,23,24). The van der Waals surface area contributed by atoms with Crippen LogP contribution in [-0.4, -0.2) is 66.3 Å². The minimum absolute atomic E-state index is 0.0783. The maximum atomic E-state index is 12.7. The van der Waals surface area contributed by atoms with Gasteiger partial charge in [-0.1, -0.05) is 13.3 Å². The number of nitrogens with zero attached hydrogens (tertiary/aromatic N) is 4. The van der Waals surface area contributed by atoms with Crippen LogP contribution in [0.5, 0.6) is 6.01 Å². The van der Waals surface area contributed by atoms with Gasteiger partial charge in [0, 0.05) is 19.6 Å². The van der Waals surface area contributed by atoms with E-state index in [1.807, 2.05) is 6.92 Å². The van der Waals surface area contributed by atoms with Gasteiger partial charge in [-0.25, -0.2) is 0 Å². The van der Waals surface area contributed by atoms with Crippen molar-refractivity contribution in [3.8, 4) is 6.01 Å². The zero-order valence-electron chi connectivity index (χ0n) is 14.4. The molecule has 0 aromatic carbocycles. The predicted molar refractivity (Wildman–Crippen MR) is 82.8 cm³/mol. The first kappa shape index (κ1) is 21.3. The van der Waals surface area contributed by atoms with E-state index < -0.39 is 24.5 Å². The van der Waals surface area contributed by atoms with Crippen LogP contribution in [0.25, 0.3) is 0 Å². The van der Waals surface area contributed by atoms with E-state index in [2.05, 4.69) is 25.0 Å². The maximum absolute atomic E-state index is 12.7. The highest BCUT2D eigenvalue weighted by atomic mass is 19.4. The molecule has 0 bridgehead atoms. The molecule has 154 valence electrons. The number of hydrogen-bond acceptors (Lipinski definition) is 7. The predicted octanol–water partition coefficient (Wildman–Crippen LogP) is 2.79. The molecule has 0 amide bonds. The summed E-state index contributed by atoms with van der Waals surface area (Å²) in [5, 5.41) is 2.75. The lowest BCUT2D eigenvalue weighted by Gasteiger charge is -2.27. The number of aromatic nitrogens is 3. The van der Waals surface area contributed by atoms with Gasteiger partial charge in [-0.15, -0.1) is 0 Å². The summed E-state index contributed by atoms with van der Waals surface area (Å²) >= 11 is 0. The van der Waals surface area contributed by atoms with Crippen molar-refractivity contribution in [3.05, 3.63) is 0 Å². The van der Waals surface area contributed by atoms with Gasteiger partial charge < -0.3 is 19.7 Å². The third-order valence-corrected chi connectivity index (χ3v) is 3.53. The number of rotatable bonds is 7. The topological polar surface area (TPSA) is 72.4 Å². The van der Waals surface area contributed by atoms with Gasteiger partial charge in [0.05, 0.1) is 13.2 Å². The minimum atomic E-state index is -5.67. The molecule has 1 aromatic rings. The summed E-state index contributed by atoms with van der Waals surface area (Å²) in [6.07, 6.45) is -13.8. The lowest BCUT2D eigenvalue weighted by molar-refractivity contribution is -0.301. The fraction of sp³-hybridized carbons (Fsp3) is 0.786. The molecule has 2 heterocycles. The number of halogens is 6. The monoisotopic (exact) mass is 403 g/mol. The number of hydrogen-bond donors (Lipinski definition) is 1. The van der Waals surface area contributed by atoms with Gasteiger partial charge in [-0.05, 0) is 6.42 Å². The molecule has 0 radical (unpaired) electrons. The molecule has 13 heteroatoms. The van der Waals surface area contributed by atoms with Crippen molar-refractivity contribution in [2.24, 2.45) is 0 Å². The van der Waals surface area contributed by atoms with E-state index in [0.29, 0.717) is 39.3 Å². The van der Waals surface area contributed by atoms with Crippen molar-refractivity contribution >= 4 is 11.9 Å². The van der Waals surface area contributed by atoms with Crippen molar-refractivity contribution in [1.29, 1.82) is 0 Å². The van der Waals surface area contributed by atoms with Gasteiger partial charge in [-0.3, -0.25) is 0 Å². The summed E-state index contributed by atoms with van der Waals surface area (Å²) in [6, 6.07) is -1.05. The van der Waals surface area contributed by atoms with Crippen LogP contribution in [0.1, 0.15) is 19.8 Å². The molecule has 0 unspecified atom stereocenters. The summed E-state index contributed by atoms with van der Waals surface area (Å²) in [5.41, 5.74) is 0. The maximum Gasteiger partial charge on any atom is 0.434 e. The Labute approximate surface area is 151 Å². The highest BCUT2D eigenvalue weighted by molar-refractivity contribution is 5.38. The van der Waals surface area contributed by atoms with Crippen LogP contribution >= 0.6 is 0 Å². The highest BCUT2D eigenvalue weighted by Crippen LogP contribution is 2.36. The van der Waals surface area contributed by atoms with Crippen LogP contribution in [0.3, 0.4) is 0 Å². The van der Waals surface area contributed by atoms with Crippen LogP contribution in [0.2, 0.25) is 0 Å². The SMILES string of the molecule is CCCCNc1nc(OC(C(F)(F)F)C(F)(F)F)nc(N2CCOCC2)n1. The lowest BCUT2D eigenvalue weighted by Crippen LogP contribution is -2.47. The molecule has 1 N–H and O–H groups in total. The van der Waals surface area contributed by atoms with Gasteiger partial charge in [0.1, 0.15) is 0 Å². The first-order chi connectivity index (χ1) is 12.6. The summed E-state index contributed by atoms with van der Waals surface area (Å²) in [4.78, 5) is 12.8. The molecule has 1 aliphatic rings. The summed E-state index contributed by atoms with van der Waals surface area (Å²) in [6.45, 7) is 3.63. The summed E-state index contributed by atoms with van der Waals surface area (Å²) < 4.78 is 85.8. The van der Waals surface area contributed by atoms with Crippen molar-refractivity contribution in [2.45, 2.75) is 38.2 Å². The molecule has 0 saturated carbocycles. The molecule has 1 aliphatic heterocycles. The first-order valence-corrected chi connectivity index (χ1v) is 8.24. The smallest absolute Gasteiger partial charge is 0.434 e. The number of unbranched alkanes of at least 4 members (excludes halogenated alkanes) is 1. The zero-order chi connectivity index (χ0) is 20.1. The van der Waals surface area contributed by atoms with E-state index in [-0.39, 0.29) is 11.9 Å². The van der Waals surface area contributed by atoms with Crippen molar-refractivity contribution in [1.82, 2.24) is 15.0 Å². The van der Waals surface area contributed by atoms with Crippen molar-refractivity contribution < 1.29 is 35.8 Å². The van der Waals surface area contributed by atoms with E-state index in [4.69, 9.17) is 4.74 Å². The molecular weight excluding hydrogens is 384 g/mol. The number of anilines is 2. The fourth-order valence-corrected chi connectivity index (χ4v) is 2.18. The van der Waals surface area contributed by atoms with Crippen LogP contribution in [-0.2, 0) is 4.74 Å². The van der Waals surface area contributed by atoms with E-state index in [1.54, 1.807) is 4.90 Å². The molecule has 0 aliphatic carbocycles. The summed E-state index contributed by atoms with van der Waals surface area (Å²) in [7, 11) is 0. The normalized spacial score (nSPS) is 15.9. The number of nitrogens with one attached hydrogen (secondary N) is 1. The van der Waals surface area contributed by atoms with Crippen LogP contribution in [0.4, 0.5) is 38.2 Å². The Kier molecular flexibility index (Phi) is 6.89. The van der Waals surface area contributed by atoms with Gasteiger partial charge in [0.2, 0.25) is 11.9 Å². The van der Waals surface area contributed by atoms with Crippen LogP contribution < -0.4 is 15.0 Å². The molecule has 1 fully saturated rings. The largest absolute Gasteiger partial charge is 0.440 e. The van der Waals surface area contributed by atoms with Gasteiger partial charge in [0.25, 0.3) is 6.10 Å². The van der Waals surface area contributed by atoms with Gasteiger partial charge in [-0.2, -0.15) is 41.3 Å². The molecule has 2 rings (SSSR count). The third-order valence-electron chi connectivity index (χ3n) is 3.53. The Morgan fingerprint density at radius 2 is 1.70 bits per heavy atom. The second kappa shape index (κ2) is 8.76. The van der Waals surface area contributed by atoms with Gasteiger partial charge in [0.15, 0.2) is 0 Å². The Hall–Kier alpha value is -2.05. The highest BCUT2D eigenvalue weighted by Gasteiger charge is 2.59. The van der Waals surface area contributed by atoms with E-state index in [0.717, 1.165) is 6.42 Å². The Morgan fingerprint density at radius 1 is 1.07 bits per heavy atom. The summed E-state index contributed by atoms with van der Waals surface area (Å²) in [5.74, 6) is -0.233. The van der Waals surface area contributed by atoms with E-state index in [1.165, 1.54) is 0 Å². The quantitative estimate of drug-likeness (QED) is 0.555. The average molecular weight is 403 g/mol. The van der Waals surface area contributed by atoms with Crippen molar-refractivity contribution in [3.63, 3.8) is 0 Å². The molecule has 1 aromatic heterocycles. The Morgan fingerprint density at radius 3 is 2.26 bits per heavy atom. The molecule has 1 saturated heterocycles. The first-order valence-electron chi connectivity index (χ1n) is 8.24. The molecule has 0 spiro atoms. The molecular formula is C14H19F6N5O2. The molecule has 7 nitrogen and oxygen atoms in total. The van der Waals surface area contributed by atoms with E-state index >= 15 is 0 Å². The molecule has 0 atom stereocenters. The van der Waals surface area contributed by atoms with Crippen LogP contribution in [0, 0.1) is 0 Å². The fourth-order valence-electron chi connectivity index (χ4n) is 2.18. The molecule has 27 heavy (non-hydrogen) atoms. The number of alkyl halides is 6.